The first-order valence-corrected chi connectivity index (χ1v) is 18.0. The molecule has 5 heteroatoms. The molecule has 0 atom stereocenters. The van der Waals surface area contributed by atoms with Crippen LogP contribution in [-0.2, 0) is 6.42 Å². The molecule has 4 aromatic carbocycles. The SMILES string of the molecule is Cc1ccnc(-n2c3ccccc3c3ccc(Oc4cc(CCC(C)C)cc(-n5cc(-c6c(C(C)C)cc(C)cc6C(C)C)cn5)c4)cc32)c1. The Balaban J connectivity index is 1.31. The van der Waals surface area contributed by atoms with E-state index in [0.717, 1.165) is 52.4 Å². The van der Waals surface area contributed by atoms with Crippen LogP contribution in [0.1, 0.15) is 87.6 Å². The molecule has 0 radical (unpaired) electrons. The van der Waals surface area contributed by atoms with Crippen molar-refractivity contribution in [2.45, 2.75) is 80.1 Å². The van der Waals surface area contributed by atoms with Gasteiger partial charge >= 0.3 is 0 Å². The fraction of sp³-hybridized carbons (Fsp3) is 0.289. The number of hydrogen-bond acceptors (Lipinski definition) is 3. The number of hydrogen-bond donors (Lipinski definition) is 0. The monoisotopic (exact) mass is 660 g/mol. The number of para-hydroxylation sites is 1. The number of nitrogens with zero attached hydrogens (tertiary/aromatic N) is 4. The average molecular weight is 661 g/mol. The minimum absolute atomic E-state index is 0.405. The van der Waals surface area contributed by atoms with Crippen molar-refractivity contribution in [2.75, 3.05) is 0 Å². The van der Waals surface area contributed by atoms with Crippen molar-refractivity contribution >= 4 is 21.8 Å². The number of aryl methyl sites for hydroxylation is 3. The Morgan fingerprint density at radius 1 is 0.700 bits per heavy atom. The van der Waals surface area contributed by atoms with Gasteiger partial charge in [0.1, 0.15) is 17.3 Å². The lowest BCUT2D eigenvalue weighted by molar-refractivity contribution is 0.481. The predicted octanol–water partition coefficient (Wildman–Crippen LogP) is 12.3. The van der Waals surface area contributed by atoms with Gasteiger partial charge in [-0.3, -0.25) is 4.57 Å². The molecule has 0 aliphatic rings. The Labute approximate surface area is 296 Å². The quantitative estimate of drug-likeness (QED) is 0.147. The molecule has 0 N–H and O–H groups in total. The van der Waals surface area contributed by atoms with E-state index in [1.165, 1.54) is 44.2 Å². The molecule has 0 spiro atoms. The van der Waals surface area contributed by atoms with Crippen LogP contribution in [0.3, 0.4) is 0 Å². The minimum atomic E-state index is 0.405. The molecular weight excluding hydrogens is 613 g/mol. The third-order valence-electron chi connectivity index (χ3n) is 9.70. The van der Waals surface area contributed by atoms with E-state index in [2.05, 4.69) is 145 Å². The summed E-state index contributed by atoms with van der Waals surface area (Å²) in [5.41, 5.74) is 12.1. The molecule has 0 amide bonds. The van der Waals surface area contributed by atoms with Crippen LogP contribution in [-0.4, -0.2) is 19.3 Å². The molecular formula is C45H48N4O. The van der Waals surface area contributed by atoms with E-state index in [9.17, 15) is 0 Å². The summed E-state index contributed by atoms with van der Waals surface area (Å²) in [6, 6.07) is 30.3. The zero-order chi connectivity index (χ0) is 35.1. The highest BCUT2D eigenvalue weighted by molar-refractivity contribution is 6.09. The molecule has 0 bridgehead atoms. The summed E-state index contributed by atoms with van der Waals surface area (Å²) >= 11 is 0. The topological polar surface area (TPSA) is 44.9 Å². The van der Waals surface area contributed by atoms with E-state index in [-0.39, 0.29) is 0 Å². The fourth-order valence-corrected chi connectivity index (χ4v) is 7.15. The molecule has 0 unspecified atom stereocenters. The zero-order valence-electron chi connectivity index (χ0n) is 30.7. The molecule has 0 aliphatic carbocycles. The highest BCUT2D eigenvalue weighted by atomic mass is 16.5. The number of fused-ring (bicyclic) bond motifs is 3. The normalized spacial score (nSPS) is 11.9. The molecule has 3 aromatic heterocycles. The lowest BCUT2D eigenvalue weighted by Crippen LogP contribution is -2.01. The fourth-order valence-electron chi connectivity index (χ4n) is 7.15. The number of rotatable bonds is 10. The number of aromatic nitrogens is 4. The van der Waals surface area contributed by atoms with Gasteiger partial charge < -0.3 is 4.74 Å². The largest absolute Gasteiger partial charge is 0.457 e. The van der Waals surface area contributed by atoms with E-state index in [1.807, 2.05) is 23.1 Å². The Morgan fingerprint density at radius 3 is 2.16 bits per heavy atom. The zero-order valence-corrected chi connectivity index (χ0v) is 30.7. The highest BCUT2D eigenvalue weighted by Crippen LogP contribution is 2.39. The minimum Gasteiger partial charge on any atom is -0.457 e. The Bertz CT molecular complexity index is 2290. The summed E-state index contributed by atoms with van der Waals surface area (Å²) < 4.78 is 11.0. The van der Waals surface area contributed by atoms with Crippen molar-refractivity contribution in [1.29, 1.82) is 0 Å². The molecule has 0 saturated heterocycles. The van der Waals surface area contributed by atoms with E-state index < -0.39 is 0 Å². The molecule has 0 aliphatic heterocycles. The van der Waals surface area contributed by atoms with Gasteiger partial charge in [0.25, 0.3) is 0 Å². The van der Waals surface area contributed by atoms with Crippen molar-refractivity contribution in [3.05, 3.63) is 131 Å². The lowest BCUT2D eigenvalue weighted by Gasteiger charge is -2.20. The second-order valence-corrected chi connectivity index (χ2v) is 14.9. The third kappa shape index (κ3) is 6.57. The van der Waals surface area contributed by atoms with Crippen LogP contribution in [0.15, 0.2) is 104 Å². The maximum Gasteiger partial charge on any atom is 0.137 e. The second-order valence-electron chi connectivity index (χ2n) is 14.9. The number of pyridine rings is 1. The Morgan fingerprint density at radius 2 is 1.44 bits per heavy atom. The van der Waals surface area contributed by atoms with E-state index in [1.54, 1.807) is 0 Å². The standard InChI is InChI=1S/C45H48N4O/c1-28(2)13-14-33-22-35(48-27-34(26-47-48)45-40(29(3)4)19-32(8)20-41(45)30(5)6)24-37(23-33)50-36-15-16-39-38-11-9-10-12-42(38)49(43(39)25-36)44-21-31(7)17-18-46-44/h9-12,15-30H,13-14H2,1-8H3. The van der Waals surface area contributed by atoms with E-state index in [0.29, 0.717) is 17.8 Å². The summed E-state index contributed by atoms with van der Waals surface area (Å²) in [7, 11) is 0. The summed E-state index contributed by atoms with van der Waals surface area (Å²) in [6.07, 6.45) is 8.16. The van der Waals surface area contributed by atoms with Gasteiger partial charge in [0, 0.05) is 40.9 Å². The lowest BCUT2D eigenvalue weighted by atomic mass is 9.84. The van der Waals surface area contributed by atoms with Gasteiger partial charge in [0.15, 0.2) is 0 Å². The smallest absolute Gasteiger partial charge is 0.137 e. The Hall–Kier alpha value is -5.16. The molecule has 5 nitrogen and oxygen atoms in total. The molecule has 3 heterocycles. The van der Waals surface area contributed by atoms with Crippen molar-refractivity contribution < 1.29 is 4.74 Å². The van der Waals surface area contributed by atoms with Crippen LogP contribution in [0.4, 0.5) is 0 Å². The molecule has 0 saturated carbocycles. The first-order valence-electron chi connectivity index (χ1n) is 18.0. The molecule has 7 rings (SSSR count). The van der Waals surface area contributed by atoms with Crippen LogP contribution < -0.4 is 4.74 Å². The van der Waals surface area contributed by atoms with Crippen LogP contribution in [0.25, 0.3) is 44.4 Å². The van der Waals surface area contributed by atoms with Crippen LogP contribution in [0, 0.1) is 19.8 Å². The maximum absolute atomic E-state index is 6.74. The first kappa shape index (κ1) is 33.3. The summed E-state index contributed by atoms with van der Waals surface area (Å²) in [6.45, 7) is 18.0. The van der Waals surface area contributed by atoms with Gasteiger partial charge in [0.05, 0.1) is 22.9 Å². The predicted molar refractivity (Wildman–Crippen MR) is 208 cm³/mol. The van der Waals surface area contributed by atoms with Gasteiger partial charge in [-0.15, -0.1) is 0 Å². The van der Waals surface area contributed by atoms with Crippen molar-refractivity contribution in [3.63, 3.8) is 0 Å². The maximum atomic E-state index is 6.74. The molecule has 254 valence electrons. The van der Waals surface area contributed by atoms with Gasteiger partial charge in [-0.25, -0.2) is 9.67 Å². The van der Waals surface area contributed by atoms with Gasteiger partial charge in [-0.05, 0) is 115 Å². The Kier molecular flexibility index (Phi) is 9.09. The van der Waals surface area contributed by atoms with Crippen LogP contribution in [0.2, 0.25) is 0 Å². The summed E-state index contributed by atoms with van der Waals surface area (Å²) in [5, 5.41) is 7.30. The van der Waals surface area contributed by atoms with Crippen molar-refractivity contribution in [1.82, 2.24) is 19.3 Å². The van der Waals surface area contributed by atoms with Gasteiger partial charge in [-0.2, -0.15) is 5.10 Å². The molecule has 50 heavy (non-hydrogen) atoms. The van der Waals surface area contributed by atoms with Crippen LogP contribution >= 0.6 is 0 Å². The van der Waals surface area contributed by atoms with Crippen LogP contribution in [0.5, 0.6) is 11.5 Å². The van der Waals surface area contributed by atoms with Crippen molar-refractivity contribution in [2.24, 2.45) is 5.92 Å². The van der Waals surface area contributed by atoms with E-state index in [4.69, 9.17) is 14.8 Å². The van der Waals surface area contributed by atoms with Gasteiger partial charge in [-0.1, -0.05) is 77.4 Å². The van der Waals surface area contributed by atoms with Gasteiger partial charge in [0.2, 0.25) is 0 Å². The average Bonchev–Trinajstić information content (AvgIpc) is 3.70. The third-order valence-corrected chi connectivity index (χ3v) is 9.70. The summed E-state index contributed by atoms with van der Waals surface area (Å²) in [4.78, 5) is 4.76. The van der Waals surface area contributed by atoms with E-state index >= 15 is 0 Å². The highest BCUT2D eigenvalue weighted by Gasteiger charge is 2.19. The molecule has 0 fully saturated rings. The number of benzene rings is 4. The summed E-state index contributed by atoms with van der Waals surface area (Å²) in [5.74, 6) is 3.89. The number of ether oxygens (including phenoxy) is 1. The second kappa shape index (κ2) is 13.6. The first-order chi connectivity index (χ1) is 24.0. The molecule has 7 aromatic rings. The van der Waals surface area contributed by atoms with Crippen molar-refractivity contribution in [3.8, 4) is 34.1 Å².